The van der Waals surface area contributed by atoms with E-state index in [9.17, 15) is 8.42 Å². The van der Waals surface area contributed by atoms with E-state index < -0.39 is 10.0 Å². The zero-order chi connectivity index (χ0) is 16.8. The molecule has 0 bridgehead atoms. The Hall–Kier alpha value is -1.53. The molecule has 1 aromatic carbocycles. The predicted molar refractivity (Wildman–Crippen MR) is 88.0 cm³/mol. The minimum atomic E-state index is -3.58. The van der Waals surface area contributed by atoms with E-state index in [1.165, 1.54) is 10.4 Å². The summed E-state index contributed by atoms with van der Waals surface area (Å²) in [5.41, 5.74) is 0.793. The van der Waals surface area contributed by atoms with Crippen molar-refractivity contribution in [1.29, 1.82) is 0 Å². The summed E-state index contributed by atoms with van der Waals surface area (Å²) in [5, 5.41) is 0. The summed E-state index contributed by atoms with van der Waals surface area (Å²) in [4.78, 5) is 0.197. The number of likely N-dealkylation sites (N-methyl/N-ethyl adjacent to an activating group) is 1. The van der Waals surface area contributed by atoms with Crippen molar-refractivity contribution in [2.45, 2.75) is 32.6 Å². The third-order valence-corrected chi connectivity index (χ3v) is 4.87. The van der Waals surface area contributed by atoms with E-state index in [2.05, 4.69) is 6.58 Å². The van der Waals surface area contributed by atoms with Gasteiger partial charge in [-0.05, 0) is 32.9 Å². The molecule has 22 heavy (non-hydrogen) atoms. The van der Waals surface area contributed by atoms with Gasteiger partial charge in [-0.25, -0.2) is 8.42 Å². The molecule has 0 unspecified atom stereocenters. The Labute approximate surface area is 133 Å². The minimum Gasteiger partial charge on any atom is -0.490 e. The third-order valence-electron chi connectivity index (χ3n) is 2.95. The summed E-state index contributed by atoms with van der Waals surface area (Å²) >= 11 is 0. The highest BCUT2D eigenvalue weighted by Gasteiger charge is 2.24. The lowest BCUT2D eigenvalue weighted by atomic mass is 10.3. The van der Waals surface area contributed by atoms with Crippen LogP contribution in [0.15, 0.2) is 35.2 Å². The first-order valence-electron chi connectivity index (χ1n) is 7.40. The molecule has 0 heterocycles. The van der Waals surface area contributed by atoms with Crippen molar-refractivity contribution in [3.05, 3.63) is 30.4 Å². The van der Waals surface area contributed by atoms with Crippen LogP contribution in [0.5, 0.6) is 11.5 Å². The molecule has 0 radical (unpaired) electrons. The predicted octanol–water partition coefficient (Wildman–Crippen LogP) is 3.07. The number of hydrogen-bond acceptors (Lipinski definition) is 4. The minimum absolute atomic E-state index is 0.197. The zero-order valence-corrected chi connectivity index (χ0v) is 14.6. The molecule has 1 rings (SSSR count). The first-order valence-corrected chi connectivity index (χ1v) is 8.84. The number of nitrogens with zero attached hydrogens (tertiary/aromatic N) is 1. The second-order valence-electron chi connectivity index (χ2n) is 4.86. The number of ether oxygens (including phenoxy) is 2. The van der Waals surface area contributed by atoms with Crippen LogP contribution < -0.4 is 9.47 Å². The van der Waals surface area contributed by atoms with Crippen molar-refractivity contribution < 1.29 is 17.9 Å². The number of benzene rings is 1. The topological polar surface area (TPSA) is 55.8 Å². The first-order chi connectivity index (χ1) is 10.4. The maximum absolute atomic E-state index is 12.7. The second-order valence-corrected chi connectivity index (χ2v) is 6.80. The van der Waals surface area contributed by atoms with Crippen LogP contribution in [-0.4, -0.2) is 39.0 Å². The van der Waals surface area contributed by atoms with Gasteiger partial charge in [0.25, 0.3) is 0 Å². The van der Waals surface area contributed by atoms with Crippen LogP contribution in [0.4, 0.5) is 0 Å². The molecule has 1 aromatic rings. The molecule has 0 fully saturated rings. The molecule has 0 aliphatic rings. The van der Waals surface area contributed by atoms with E-state index in [4.69, 9.17) is 9.47 Å². The fourth-order valence-corrected chi connectivity index (χ4v) is 3.53. The summed E-state index contributed by atoms with van der Waals surface area (Å²) in [7, 11) is -3.58. The lowest BCUT2D eigenvalue weighted by Crippen LogP contribution is -2.32. The van der Waals surface area contributed by atoms with Gasteiger partial charge in [-0.3, -0.25) is 0 Å². The highest BCUT2D eigenvalue weighted by Crippen LogP contribution is 2.31. The lowest BCUT2D eigenvalue weighted by Gasteiger charge is -2.21. The summed E-state index contributed by atoms with van der Waals surface area (Å²) in [6.07, 6.45) is 0. The molecule has 0 atom stereocenters. The van der Waals surface area contributed by atoms with E-state index in [1.54, 1.807) is 19.1 Å². The van der Waals surface area contributed by atoms with E-state index in [1.807, 2.05) is 20.8 Å². The van der Waals surface area contributed by atoms with Crippen molar-refractivity contribution in [2.24, 2.45) is 0 Å². The van der Waals surface area contributed by atoms with Crippen LogP contribution >= 0.6 is 0 Å². The molecular formula is C16H25NO4S. The lowest BCUT2D eigenvalue weighted by molar-refractivity contribution is 0.287. The molecule has 0 aromatic heterocycles. The second kappa shape index (κ2) is 8.19. The number of sulfonamides is 1. The SMILES string of the molecule is C=C(C)CN(CC)S(=O)(=O)c1ccc(OCC)c(OCC)c1. The van der Waals surface area contributed by atoms with E-state index in [0.29, 0.717) is 37.8 Å². The molecule has 0 aliphatic heterocycles. The van der Waals surface area contributed by atoms with Crippen LogP contribution in [0.3, 0.4) is 0 Å². The molecule has 0 saturated carbocycles. The highest BCUT2D eigenvalue weighted by atomic mass is 32.2. The molecule has 6 heteroatoms. The summed E-state index contributed by atoms with van der Waals surface area (Å²) in [6, 6.07) is 4.70. The fourth-order valence-electron chi connectivity index (χ4n) is 2.01. The molecule has 0 aliphatic carbocycles. The standard InChI is InChI=1S/C16H25NO4S/c1-6-17(12-13(4)5)22(18,19)14-9-10-15(20-7-2)16(11-14)21-8-3/h9-11H,4,6-8,12H2,1-3,5H3. The van der Waals surface area contributed by atoms with E-state index in [-0.39, 0.29) is 4.90 Å². The summed E-state index contributed by atoms with van der Waals surface area (Å²) in [5.74, 6) is 0.989. The quantitative estimate of drug-likeness (QED) is 0.654. The molecule has 0 spiro atoms. The third kappa shape index (κ3) is 4.48. The van der Waals surface area contributed by atoms with E-state index in [0.717, 1.165) is 5.57 Å². The van der Waals surface area contributed by atoms with Gasteiger partial charge in [0.2, 0.25) is 10.0 Å². The molecule has 124 valence electrons. The largest absolute Gasteiger partial charge is 0.490 e. The van der Waals surface area contributed by atoms with Gasteiger partial charge in [0, 0.05) is 19.2 Å². The molecular weight excluding hydrogens is 302 g/mol. The highest BCUT2D eigenvalue weighted by molar-refractivity contribution is 7.89. The fraction of sp³-hybridized carbons (Fsp3) is 0.500. The number of rotatable bonds is 9. The maximum Gasteiger partial charge on any atom is 0.243 e. The van der Waals surface area contributed by atoms with Crippen molar-refractivity contribution in [2.75, 3.05) is 26.3 Å². The van der Waals surface area contributed by atoms with Gasteiger partial charge in [0.05, 0.1) is 18.1 Å². The van der Waals surface area contributed by atoms with Crippen LogP contribution in [0.25, 0.3) is 0 Å². The Bertz CT molecular complexity index is 611. The van der Waals surface area contributed by atoms with E-state index >= 15 is 0 Å². The Morgan fingerprint density at radius 3 is 2.23 bits per heavy atom. The van der Waals surface area contributed by atoms with Crippen LogP contribution in [0, 0.1) is 0 Å². The van der Waals surface area contributed by atoms with Gasteiger partial charge in [-0.1, -0.05) is 19.1 Å². The van der Waals surface area contributed by atoms with Crippen molar-refractivity contribution in [3.8, 4) is 11.5 Å². The van der Waals surface area contributed by atoms with Crippen molar-refractivity contribution >= 4 is 10.0 Å². The van der Waals surface area contributed by atoms with Gasteiger partial charge in [-0.2, -0.15) is 4.31 Å². The average Bonchev–Trinajstić information content (AvgIpc) is 2.46. The number of hydrogen-bond donors (Lipinski definition) is 0. The summed E-state index contributed by atoms with van der Waals surface area (Å²) in [6.45, 7) is 12.7. The van der Waals surface area contributed by atoms with Crippen LogP contribution in [0.2, 0.25) is 0 Å². The van der Waals surface area contributed by atoms with Crippen LogP contribution in [0.1, 0.15) is 27.7 Å². The maximum atomic E-state index is 12.7. The van der Waals surface area contributed by atoms with Gasteiger partial charge >= 0.3 is 0 Å². The van der Waals surface area contributed by atoms with Gasteiger partial charge in [-0.15, -0.1) is 0 Å². The van der Waals surface area contributed by atoms with Crippen molar-refractivity contribution in [3.63, 3.8) is 0 Å². The van der Waals surface area contributed by atoms with Gasteiger partial charge in [0.1, 0.15) is 0 Å². The average molecular weight is 327 g/mol. The van der Waals surface area contributed by atoms with Crippen molar-refractivity contribution in [1.82, 2.24) is 4.31 Å². The summed E-state index contributed by atoms with van der Waals surface area (Å²) < 4.78 is 37.8. The zero-order valence-electron chi connectivity index (χ0n) is 13.8. The Balaban J connectivity index is 3.23. The normalized spacial score (nSPS) is 11.5. The van der Waals surface area contributed by atoms with Gasteiger partial charge in [0.15, 0.2) is 11.5 Å². The Morgan fingerprint density at radius 2 is 1.73 bits per heavy atom. The molecule has 0 saturated heterocycles. The Kier molecular flexibility index (Phi) is 6.90. The molecule has 5 nitrogen and oxygen atoms in total. The molecule has 0 N–H and O–H groups in total. The smallest absolute Gasteiger partial charge is 0.243 e. The Morgan fingerprint density at radius 1 is 1.14 bits per heavy atom. The molecule has 0 amide bonds. The van der Waals surface area contributed by atoms with Crippen LogP contribution in [-0.2, 0) is 10.0 Å². The first kappa shape index (κ1) is 18.5. The van der Waals surface area contributed by atoms with Gasteiger partial charge < -0.3 is 9.47 Å². The monoisotopic (exact) mass is 327 g/mol.